The summed E-state index contributed by atoms with van der Waals surface area (Å²) in [6.07, 6.45) is 3.64. The number of hydrogen-bond donors (Lipinski definition) is 0. The second-order valence-corrected chi connectivity index (χ2v) is 15.6. The summed E-state index contributed by atoms with van der Waals surface area (Å²) in [6, 6.07) is 27.1. The van der Waals surface area contributed by atoms with Crippen molar-refractivity contribution in [2.24, 2.45) is 18.9 Å². The molecule has 1 amide bonds. The molecule has 0 spiro atoms. The van der Waals surface area contributed by atoms with E-state index in [9.17, 15) is 4.79 Å². The molecule has 0 unspecified atom stereocenters. The Balaban J connectivity index is 1.07. The highest BCUT2D eigenvalue weighted by atomic mass is 19.1. The molecule has 4 heterocycles. The highest BCUT2D eigenvalue weighted by Crippen LogP contribution is 2.38. The summed E-state index contributed by atoms with van der Waals surface area (Å²) in [5.41, 5.74) is 5.24. The molecule has 2 aromatic heterocycles. The summed E-state index contributed by atoms with van der Waals surface area (Å²) >= 11 is 0. The average molecular weight is 732 g/mol. The molecule has 2 aliphatic heterocycles. The van der Waals surface area contributed by atoms with Gasteiger partial charge in [-0.15, -0.1) is 0 Å². The molecule has 0 N–H and O–H groups in total. The Bertz CT molecular complexity index is 2110. The number of carbonyl (C=O) groups is 1. The van der Waals surface area contributed by atoms with Crippen LogP contribution in [0.25, 0.3) is 27.7 Å². The van der Waals surface area contributed by atoms with Gasteiger partial charge in [0.1, 0.15) is 30.3 Å². The minimum atomic E-state index is -0.498. The SMILES string of the molecule is C[C@@H]1CN(C(=O)OC(C)(C)C)CC[C@@H]1CN1CC=C(c2cc3c(cc2F)c(-c2ccc(OCc4ccccc4)nc2OCc2ccccc2)nn3C)CC1. The average Bonchev–Trinajstić information content (AvgIpc) is 3.48. The molecule has 1 fully saturated rings. The Hall–Kier alpha value is -5.22. The maximum atomic E-state index is 16.1. The van der Waals surface area contributed by atoms with Crippen LogP contribution in [0.3, 0.4) is 0 Å². The number of piperidine rings is 1. The summed E-state index contributed by atoms with van der Waals surface area (Å²) in [5.74, 6) is 1.38. The molecule has 10 heteroatoms. The second kappa shape index (κ2) is 16.0. The normalized spacial score (nSPS) is 18.0. The molecule has 0 bridgehead atoms. The van der Waals surface area contributed by atoms with Gasteiger partial charge in [-0.3, -0.25) is 9.58 Å². The van der Waals surface area contributed by atoms with Gasteiger partial charge in [-0.05, 0) is 80.3 Å². The van der Waals surface area contributed by atoms with Crippen molar-refractivity contribution in [1.82, 2.24) is 24.6 Å². The number of aryl methyl sites for hydroxylation is 1. The van der Waals surface area contributed by atoms with E-state index in [1.807, 2.05) is 112 Å². The van der Waals surface area contributed by atoms with Crippen molar-refractivity contribution in [2.75, 3.05) is 32.7 Å². The van der Waals surface area contributed by atoms with E-state index in [1.54, 1.807) is 10.7 Å². The van der Waals surface area contributed by atoms with E-state index in [2.05, 4.69) is 17.9 Å². The lowest BCUT2D eigenvalue weighted by molar-refractivity contribution is 0.00920. The Kier molecular flexibility index (Phi) is 11.0. The smallest absolute Gasteiger partial charge is 0.410 e. The van der Waals surface area contributed by atoms with E-state index in [0.29, 0.717) is 72.1 Å². The van der Waals surface area contributed by atoms with Crippen molar-refractivity contribution in [2.45, 2.75) is 59.4 Å². The van der Waals surface area contributed by atoms with E-state index < -0.39 is 5.60 Å². The summed E-state index contributed by atoms with van der Waals surface area (Å²) in [5, 5.41) is 5.56. The van der Waals surface area contributed by atoms with Gasteiger partial charge < -0.3 is 19.1 Å². The topological polar surface area (TPSA) is 82.0 Å². The number of fused-ring (bicyclic) bond motifs is 1. The molecule has 5 aromatic rings. The number of rotatable bonds is 10. The van der Waals surface area contributed by atoms with E-state index in [1.165, 1.54) is 0 Å². The lowest BCUT2D eigenvalue weighted by Gasteiger charge is -2.40. The van der Waals surface area contributed by atoms with Crippen molar-refractivity contribution in [3.05, 3.63) is 114 Å². The molecule has 0 aliphatic carbocycles. The molecule has 282 valence electrons. The van der Waals surface area contributed by atoms with Gasteiger partial charge in [0.05, 0.1) is 11.1 Å². The zero-order valence-corrected chi connectivity index (χ0v) is 31.9. The monoisotopic (exact) mass is 731 g/mol. The number of halogens is 1. The summed E-state index contributed by atoms with van der Waals surface area (Å²) in [4.78, 5) is 21.7. The minimum absolute atomic E-state index is 0.228. The first-order valence-corrected chi connectivity index (χ1v) is 18.9. The molecule has 0 radical (unpaired) electrons. The lowest BCUT2D eigenvalue weighted by Crippen LogP contribution is -2.47. The first-order chi connectivity index (χ1) is 26.0. The Morgan fingerprint density at radius 2 is 1.61 bits per heavy atom. The van der Waals surface area contributed by atoms with Crippen LogP contribution in [0.5, 0.6) is 11.8 Å². The zero-order chi connectivity index (χ0) is 37.8. The third kappa shape index (κ3) is 8.76. The van der Waals surface area contributed by atoms with Crippen LogP contribution in [0.15, 0.2) is 91.0 Å². The Morgan fingerprint density at radius 1 is 0.907 bits per heavy atom. The summed E-state index contributed by atoms with van der Waals surface area (Å²) in [6.45, 7) is 12.6. The largest absolute Gasteiger partial charge is 0.473 e. The fourth-order valence-electron chi connectivity index (χ4n) is 7.38. The number of likely N-dealkylation sites (tertiary alicyclic amines) is 1. The predicted octanol–water partition coefficient (Wildman–Crippen LogP) is 8.91. The van der Waals surface area contributed by atoms with Crippen molar-refractivity contribution in [3.8, 4) is 23.0 Å². The van der Waals surface area contributed by atoms with Crippen LogP contribution < -0.4 is 9.47 Å². The molecule has 2 aliphatic rings. The van der Waals surface area contributed by atoms with Crippen LogP contribution in [0.1, 0.15) is 57.2 Å². The number of nitrogens with zero attached hydrogens (tertiary/aromatic N) is 5. The lowest BCUT2D eigenvalue weighted by atomic mass is 9.86. The van der Waals surface area contributed by atoms with Gasteiger partial charge in [0.2, 0.25) is 11.8 Å². The van der Waals surface area contributed by atoms with E-state index in [-0.39, 0.29) is 11.9 Å². The molecule has 54 heavy (non-hydrogen) atoms. The minimum Gasteiger partial charge on any atom is -0.473 e. The maximum absolute atomic E-state index is 16.1. The highest BCUT2D eigenvalue weighted by Gasteiger charge is 2.32. The van der Waals surface area contributed by atoms with Gasteiger partial charge in [0.15, 0.2) is 0 Å². The standard InChI is InChI=1S/C44H50FN5O4/c1-30-26-50(43(51)54-44(2,3)4)23-20-34(30)27-49-21-18-33(19-22-49)36-25-39-37(24-38(36)45)41(47-48(39)5)35-16-17-40(52-28-31-12-8-6-9-13-31)46-42(35)53-29-32-14-10-7-11-15-32/h6-18,24-25,30,34H,19-23,26-29H2,1-5H3/t30-,34-/m1/s1. The van der Waals surface area contributed by atoms with E-state index in [4.69, 9.17) is 24.3 Å². The molecule has 1 saturated heterocycles. The highest BCUT2D eigenvalue weighted by molar-refractivity contribution is 5.96. The number of carbonyl (C=O) groups excluding carboxylic acids is 1. The van der Waals surface area contributed by atoms with Gasteiger partial charge in [-0.2, -0.15) is 10.1 Å². The fourth-order valence-corrected chi connectivity index (χ4v) is 7.38. The fraction of sp³-hybridized carbons (Fsp3) is 0.386. The van der Waals surface area contributed by atoms with Crippen molar-refractivity contribution in [3.63, 3.8) is 0 Å². The third-order valence-electron chi connectivity index (χ3n) is 10.3. The van der Waals surface area contributed by atoms with Crippen LogP contribution in [-0.4, -0.2) is 69.0 Å². The van der Waals surface area contributed by atoms with Crippen molar-refractivity contribution < 1.29 is 23.4 Å². The summed E-state index contributed by atoms with van der Waals surface area (Å²) in [7, 11) is 1.88. The number of aromatic nitrogens is 3. The van der Waals surface area contributed by atoms with Crippen LogP contribution in [-0.2, 0) is 25.0 Å². The quantitative estimate of drug-likeness (QED) is 0.142. The number of hydrogen-bond acceptors (Lipinski definition) is 7. The van der Waals surface area contributed by atoms with Crippen molar-refractivity contribution >= 4 is 22.6 Å². The van der Waals surface area contributed by atoms with Crippen molar-refractivity contribution in [1.29, 1.82) is 0 Å². The van der Waals surface area contributed by atoms with Gasteiger partial charge in [0.25, 0.3) is 0 Å². The number of pyridine rings is 1. The van der Waals surface area contributed by atoms with E-state index >= 15 is 4.39 Å². The molecule has 7 rings (SSSR count). The zero-order valence-electron chi connectivity index (χ0n) is 31.9. The third-order valence-corrected chi connectivity index (χ3v) is 10.3. The van der Waals surface area contributed by atoms with Crippen LogP contribution in [0.4, 0.5) is 9.18 Å². The Labute approximate surface area is 317 Å². The van der Waals surface area contributed by atoms with Gasteiger partial charge >= 0.3 is 6.09 Å². The molecular weight excluding hydrogens is 682 g/mol. The molecule has 2 atom stereocenters. The number of ether oxygens (including phenoxy) is 3. The number of benzene rings is 3. The molecule has 0 saturated carbocycles. The van der Waals surface area contributed by atoms with Gasteiger partial charge in [-0.25, -0.2) is 9.18 Å². The first kappa shape index (κ1) is 37.1. The number of amides is 1. The molecule has 3 aromatic carbocycles. The van der Waals surface area contributed by atoms with Crippen LogP contribution in [0.2, 0.25) is 0 Å². The van der Waals surface area contributed by atoms with Gasteiger partial charge in [0, 0.05) is 56.8 Å². The van der Waals surface area contributed by atoms with E-state index in [0.717, 1.165) is 54.7 Å². The summed E-state index contributed by atoms with van der Waals surface area (Å²) < 4.78 is 35.9. The second-order valence-electron chi connectivity index (χ2n) is 15.6. The molecular formula is C44H50FN5O4. The van der Waals surface area contributed by atoms with Crippen LogP contribution >= 0.6 is 0 Å². The predicted molar refractivity (Wildman–Crippen MR) is 210 cm³/mol. The first-order valence-electron chi connectivity index (χ1n) is 18.9. The van der Waals surface area contributed by atoms with Crippen LogP contribution in [0, 0.1) is 17.7 Å². The maximum Gasteiger partial charge on any atom is 0.410 e. The van der Waals surface area contributed by atoms with Gasteiger partial charge in [-0.1, -0.05) is 73.7 Å². The molecule has 9 nitrogen and oxygen atoms in total. The Morgan fingerprint density at radius 3 is 2.26 bits per heavy atom.